The van der Waals surface area contributed by atoms with Gasteiger partial charge in [0.05, 0.1) is 23.4 Å². The number of amides is 1. The van der Waals surface area contributed by atoms with Crippen LogP contribution in [-0.2, 0) is 10.2 Å². The minimum atomic E-state index is -1.94. The molecule has 0 aromatic heterocycles. The van der Waals surface area contributed by atoms with Crippen LogP contribution in [-0.4, -0.2) is 5.91 Å². The lowest BCUT2D eigenvalue weighted by Crippen LogP contribution is -2.60. The summed E-state index contributed by atoms with van der Waals surface area (Å²) >= 11 is 0. The number of para-hydroxylation sites is 1. The zero-order valence-electron chi connectivity index (χ0n) is 13.9. The van der Waals surface area contributed by atoms with Gasteiger partial charge in [-0.25, -0.2) is 0 Å². The van der Waals surface area contributed by atoms with Crippen molar-refractivity contribution in [3.8, 4) is 18.2 Å². The average molecular weight is 341 g/mol. The molecule has 1 spiro atoms. The Bertz CT molecular complexity index is 1020. The Hall–Kier alpha value is -3.56. The number of hydrogen-bond acceptors (Lipinski definition) is 5. The molecule has 1 amide bonds. The van der Waals surface area contributed by atoms with E-state index in [2.05, 4.69) is 11.4 Å². The lowest BCUT2D eigenvalue weighted by atomic mass is 9.47. The number of hydrogen-bond donors (Lipinski definition) is 2. The molecule has 0 saturated carbocycles. The summed E-state index contributed by atoms with van der Waals surface area (Å²) < 4.78 is 0. The highest BCUT2D eigenvalue weighted by Gasteiger charge is 2.70. The van der Waals surface area contributed by atoms with E-state index in [-0.39, 0.29) is 11.3 Å². The smallest absolute Gasteiger partial charge is 0.238 e. The molecule has 3 aliphatic rings. The number of nitrogens with zero attached hydrogens (tertiary/aromatic N) is 3. The molecule has 6 nitrogen and oxygen atoms in total. The van der Waals surface area contributed by atoms with Gasteiger partial charge in [-0.15, -0.1) is 0 Å². The van der Waals surface area contributed by atoms with Crippen molar-refractivity contribution in [2.24, 2.45) is 17.1 Å². The summed E-state index contributed by atoms with van der Waals surface area (Å²) in [5, 5.41) is 32.7. The fourth-order valence-electron chi connectivity index (χ4n) is 4.86. The topological polar surface area (TPSA) is 126 Å². The highest BCUT2D eigenvalue weighted by atomic mass is 16.2. The number of allylic oxidation sites excluding steroid dienone is 4. The first-order valence-electron chi connectivity index (χ1n) is 8.42. The summed E-state index contributed by atoms with van der Waals surface area (Å²) in [5.74, 6) is -0.847. The average Bonchev–Trinajstić information content (AvgIpc) is 2.97. The molecule has 1 aromatic rings. The van der Waals surface area contributed by atoms with E-state index in [1.165, 1.54) is 0 Å². The lowest BCUT2D eigenvalue weighted by Gasteiger charge is -2.49. The molecule has 0 bridgehead atoms. The molecule has 4 rings (SSSR count). The summed E-state index contributed by atoms with van der Waals surface area (Å²) in [5.41, 5.74) is 4.79. The molecule has 2 atom stereocenters. The van der Waals surface area contributed by atoms with Gasteiger partial charge < -0.3 is 11.1 Å². The third kappa shape index (κ3) is 1.51. The summed E-state index contributed by atoms with van der Waals surface area (Å²) in [6, 6.07) is 13.2. The Morgan fingerprint density at radius 2 is 1.92 bits per heavy atom. The van der Waals surface area contributed by atoms with Gasteiger partial charge in [-0.2, -0.15) is 15.8 Å². The molecule has 3 N–H and O–H groups in total. The van der Waals surface area contributed by atoms with Crippen molar-refractivity contribution < 1.29 is 4.79 Å². The molecule has 0 saturated heterocycles. The minimum absolute atomic E-state index is 0.124. The summed E-state index contributed by atoms with van der Waals surface area (Å²) in [7, 11) is 0. The second-order valence-corrected chi connectivity index (χ2v) is 6.82. The van der Waals surface area contributed by atoms with Crippen LogP contribution in [0.1, 0.15) is 24.8 Å². The number of anilines is 1. The van der Waals surface area contributed by atoms with Crippen LogP contribution in [0.25, 0.3) is 0 Å². The fourth-order valence-corrected chi connectivity index (χ4v) is 4.86. The molecule has 1 aliphatic heterocycles. The van der Waals surface area contributed by atoms with Gasteiger partial charge in [0, 0.05) is 11.6 Å². The zero-order chi connectivity index (χ0) is 18.5. The highest BCUT2D eigenvalue weighted by Crippen LogP contribution is 2.63. The largest absolute Gasteiger partial charge is 0.399 e. The summed E-state index contributed by atoms with van der Waals surface area (Å²) in [6.45, 7) is 0. The van der Waals surface area contributed by atoms with Crippen molar-refractivity contribution in [1.29, 1.82) is 15.8 Å². The summed E-state index contributed by atoms with van der Waals surface area (Å²) in [4.78, 5) is 13.3. The molecule has 0 fully saturated rings. The maximum Gasteiger partial charge on any atom is 0.238 e. The number of rotatable bonds is 0. The van der Waals surface area contributed by atoms with E-state index in [0.29, 0.717) is 23.2 Å². The van der Waals surface area contributed by atoms with Gasteiger partial charge in [0.2, 0.25) is 11.3 Å². The van der Waals surface area contributed by atoms with Gasteiger partial charge in [0.25, 0.3) is 0 Å². The first-order valence-corrected chi connectivity index (χ1v) is 8.42. The lowest BCUT2D eigenvalue weighted by molar-refractivity contribution is -0.125. The number of carbonyl (C=O) groups is 1. The van der Waals surface area contributed by atoms with Crippen LogP contribution in [0.3, 0.4) is 0 Å². The number of nitriles is 3. The van der Waals surface area contributed by atoms with E-state index in [4.69, 9.17) is 5.73 Å². The molecule has 1 heterocycles. The molecule has 26 heavy (non-hydrogen) atoms. The Kier molecular flexibility index (Phi) is 3.20. The first-order chi connectivity index (χ1) is 12.6. The van der Waals surface area contributed by atoms with Gasteiger partial charge in [0.1, 0.15) is 11.5 Å². The molecule has 1 aromatic carbocycles. The van der Waals surface area contributed by atoms with Gasteiger partial charge in [0.15, 0.2) is 0 Å². The molecule has 6 heteroatoms. The van der Waals surface area contributed by atoms with Gasteiger partial charge >= 0.3 is 0 Å². The second kappa shape index (κ2) is 5.22. The van der Waals surface area contributed by atoms with Crippen molar-refractivity contribution in [2.75, 3.05) is 5.32 Å². The standard InChI is InChI=1S/C20H15N5O/c21-9-13-12-5-1-2-6-14(12)20(19(10-22,11-23)17(13)24)15-7-3-4-8-16(15)25-18(20)26/h3-5,7-8,14H,1-2,6,24H2,(H,25,26)/t14-,20+/m1/s1. The fraction of sp³-hybridized carbons (Fsp3) is 0.300. The first kappa shape index (κ1) is 15.9. The van der Waals surface area contributed by atoms with E-state index < -0.39 is 22.7 Å². The van der Waals surface area contributed by atoms with E-state index in [9.17, 15) is 20.6 Å². The molecule has 0 unspecified atom stereocenters. The van der Waals surface area contributed by atoms with E-state index in [1.807, 2.05) is 18.2 Å². The van der Waals surface area contributed by atoms with E-state index >= 15 is 0 Å². The Labute approximate surface area is 150 Å². The zero-order valence-corrected chi connectivity index (χ0v) is 13.9. The molecular formula is C20H15N5O. The minimum Gasteiger partial charge on any atom is -0.399 e. The Morgan fingerprint density at radius 1 is 1.19 bits per heavy atom. The quantitative estimate of drug-likeness (QED) is 0.749. The van der Waals surface area contributed by atoms with Crippen molar-refractivity contribution in [3.63, 3.8) is 0 Å². The van der Waals surface area contributed by atoms with Gasteiger partial charge in [-0.05, 0) is 36.5 Å². The maximum absolute atomic E-state index is 13.3. The third-order valence-corrected chi connectivity index (χ3v) is 5.92. The number of nitrogens with two attached hydrogens (primary N) is 1. The number of fused-ring (bicyclic) bond motifs is 4. The van der Waals surface area contributed by atoms with Crippen LogP contribution < -0.4 is 11.1 Å². The molecule has 126 valence electrons. The van der Waals surface area contributed by atoms with Crippen molar-refractivity contribution >= 4 is 11.6 Å². The van der Waals surface area contributed by atoms with Crippen molar-refractivity contribution in [1.82, 2.24) is 0 Å². The Morgan fingerprint density at radius 3 is 2.62 bits per heavy atom. The maximum atomic E-state index is 13.3. The van der Waals surface area contributed by atoms with Crippen LogP contribution in [0, 0.1) is 45.3 Å². The van der Waals surface area contributed by atoms with E-state index in [0.717, 1.165) is 12.8 Å². The number of carbonyl (C=O) groups excluding carboxylic acids is 1. The third-order valence-electron chi connectivity index (χ3n) is 5.92. The highest BCUT2D eigenvalue weighted by molar-refractivity contribution is 6.09. The van der Waals surface area contributed by atoms with Crippen LogP contribution in [0.2, 0.25) is 0 Å². The van der Waals surface area contributed by atoms with Gasteiger partial charge in [-0.3, -0.25) is 4.79 Å². The van der Waals surface area contributed by atoms with Crippen LogP contribution in [0.4, 0.5) is 5.69 Å². The van der Waals surface area contributed by atoms with Gasteiger partial charge in [-0.1, -0.05) is 24.3 Å². The van der Waals surface area contributed by atoms with Crippen LogP contribution >= 0.6 is 0 Å². The summed E-state index contributed by atoms with van der Waals surface area (Å²) in [6.07, 6.45) is 4.12. The number of benzene rings is 1. The number of nitrogens with one attached hydrogen (secondary N) is 1. The predicted molar refractivity (Wildman–Crippen MR) is 92.7 cm³/mol. The molecular weight excluding hydrogens is 326 g/mol. The van der Waals surface area contributed by atoms with Crippen molar-refractivity contribution in [3.05, 3.63) is 52.7 Å². The molecule has 0 radical (unpaired) electrons. The SMILES string of the molecule is N#CC1=C(N)C(C#N)(C#N)[C@@]2(C(=O)Nc3ccccc32)[C@@H]2CCCC=C12. The Balaban J connectivity index is 2.20. The normalized spacial score (nSPS) is 28.1. The molecule has 2 aliphatic carbocycles. The second-order valence-electron chi connectivity index (χ2n) is 6.82. The van der Waals surface area contributed by atoms with E-state index in [1.54, 1.807) is 24.3 Å². The van der Waals surface area contributed by atoms with Crippen molar-refractivity contribution in [2.45, 2.75) is 24.7 Å². The monoisotopic (exact) mass is 341 g/mol. The van der Waals surface area contributed by atoms with Crippen LogP contribution in [0.15, 0.2) is 47.2 Å². The predicted octanol–water partition coefficient (Wildman–Crippen LogP) is 2.39. The van der Waals surface area contributed by atoms with Crippen LogP contribution in [0.5, 0.6) is 0 Å².